The number of aryl methyl sites for hydroxylation is 1. The Morgan fingerprint density at radius 2 is 1.94 bits per heavy atom. The minimum atomic E-state index is -4.79. The highest BCUT2D eigenvalue weighted by Gasteiger charge is 2.35. The number of anilines is 1. The molecule has 0 fully saturated rings. The van der Waals surface area contributed by atoms with Crippen LogP contribution in [-0.2, 0) is 6.18 Å². The van der Waals surface area contributed by atoms with Gasteiger partial charge in [-0.25, -0.2) is 9.59 Å². The number of carbonyl (C=O) groups is 1. The molecule has 172 valence electrons. The van der Waals surface area contributed by atoms with Crippen LogP contribution in [0, 0.1) is 6.92 Å². The van der Waals surface area contributed by atoms with Gasteiger partial charge in [0.25, 0.3) is 0 Å². The Bertz CT molecular complexity index is 1290. The molecule has 6 nitrogen and oxygen atoms in total. The monoisotopic (exact) mass is 477 g/mol. The van der Waals surface area contributed by atoms with Crippen LogP contribution >= 0.6 is 11.6 Å². The summed E-state index contributed by atoms with van der Waals surface area (Å²) in [5.74, 6) is -1.80. The number of benzene rings is 2. The number of carboxylic acids is 1. The van der Waals surface area contributed by atoms with E-state index >= 15 is 0 Å². The molecule has 10 heteroatoms. The Hall–Kier alpha value is -3.59. The van der Waals surface area contributed by atoms with Gasteiger partial charge in [-0.05, 0) is 53.8 Å². The molecule has 1 atom stereocenters. The summed E-state index contributed by atoms with van der Waals surface area (Å²) in [5, 5.41) is 9.31. The number of nitrogens with zero attached hydrogens (tertiary/aromatic N) is 2. The number of carboxylic acid groups (broad SMARTS) is 1. The molecule has 33 heavy (non-hydrogen) atoms. The third kappa shape index (κ3) is 5.25. The van der Waals surface area contributed by atoms with Crippen LogP contribution in [0.4, 0.5) is 19.0 Å². The van der Waals surface area contributed by atoms with Crippen molar-refractivity contribution < 1.29 is 23.1 Å². The highest BCUT2D eigenvalue weighted by Crippen LogP contribution is 2.34. The molecular formula is C23H19ClF3N3O3. The molecule has 0 aliphatic heterocycles. The molecule has 0 saturated carbocycles. The van der Waals surface area contributed by atoms with E-state index in [1.54, 1.807) is 19.1 Å². The van der Waals surface area contributed by atoms with Crippen LogP contribution in [-0.4, -0.2) is 20.6 Å². The van der Waals surface area contributed by atoms with Crippen LogP contribution in [0.1, 0.15) is 45.5 Å². The summed E-state index contributed by atoms with van der Waals surface area (Å²) in [6, 6.07) is 7.99. The van der Waals surface area contributed by atoms with Crippen molar-refractivity contribution in [2.45, 2.75) is 25.9 Å². The first-order valence-electron chi connectivity index (χ1n) is 9.67. The standard InChI is InChI=1S/C23H19ClF3N3O3/c1-12(3-4-14-5-6-16(21(31)32)17(10-14)23(25,26)27)15-9-13(2)20(18(24)11-15)30-8-7-19(28)29-22(30)33/h3-12H,1-2H3,(H,31,32)(H2,28,29,33)/b4-3+. The first-order chi connectivity index (χ1) is 15.4. The molecular weight excluding hydrogens is 459 g/mol. The van der Waals surface area contributed by atoms with Crippen LogP contribution in [0.15, 0.2) is 53.5 Å². The highest BCUT2D eigenvalue weighted by molar-refractivity contribution is 6.32. The number of rotatable bonds is 5. The largest absolute Gasteiger partial charge is 0.478 e. The number of aromatic nitrogens is 2. The lowest BCUT2D eigenvalue weighted by Gasteiger charge is -2.15. The van der Waals surface area contributed by atoms with Gasteiger partial charge < -0.3 is 10.8 Å². The number of allylic oxidation sites excluding steroid dienone is 1. The number of hydrogen-bond acceptors (Lipinski definition) is 4. The average Bonchev–Trinajstić information content (AvgIpc) is 2.72. The Kier molecular flexibility index (Phi) is 6.64. The normalized spacial score (nSPS) is 12.8. The molecule has 0 radical (unpaired) electrons. The van der Waals surface area contributed by atoms with Gasteiger partial charge in [0.1, 0.15) is 5.82 Å². The number of hydrogen-bond donors (Lipinski definition) is 2. The van der Waals surface area contributed by atoms with E-state index in [0.717, 1.165) is 17.7 Å². The number of nitrogen functional groups attached to an aromatic ring is 1. The van der Waals surface area contributed by atoms with Gasteiger partial charge in [-0.2, -0.15) is 18.2 Å². The minimum Gasteiger partial charge on any atom is -0.478 e. The summed E-state index contributed by atoms with van der Waals surface area (Å²) in [6.07, 6.45) is -0.158. The van der Waals surface area contributed by atoms with E-state index in [0.29, 0.717) is 16.3 Å². The van der Waals surface area contributed by atoms with E-state index in [9.17, 15) is 22.8 Å². The van der Waals surface area contributed by atoms with Crippen LogP contribution in [0.25, 0.3) is 11.8 Å². The predicted octanol–water partition coefficient (Wildman–Crippen LogP) is 5.31. The van der Waals surface area contributed by atoms with Crippen LogP contribution < -0.4 is 11.4 Å². The van der Waals surface area contributed by atoms with Crippen LogP contribution in [0.3, 0.4) is 0 Å². The third-order valence-electron chi connectivity index (χ3n) is 5.02. The second-order valence-corrected chi connectivity index (χ2v) is 7.84. The molecule has 0 aliphatic carbocycles. The zero-order chi connectivity index (χ0) is 24.5. The van der Waals surface area contributed by atoms with Gasteiger partial charge in [-0.1, -0.05) is 42.8 Å². The predicted molar refractivity (Wildman–Crippen MR) is 120 cm³/mol. The number of alkyl halides is 3. The molecule has 0 spiro atoms. The van der Waals surface area contributed by atoms with Gasteiger partial charge in [0.05, 0.1) is 21.8 Å². The molecule has 0 bridgehead atoms. The second kappa shape index (κ2) is 9.11. The Labute approximate surface area is 191 Å². The van der Waals surface area contributed by atoms with E-state index in [4.69, 9.17) is 22.4 Å². The maximum Gasteiger partial charge on any atom is 0.417 e. The summed E-state index contributed by atoms with van der Waals surface area (Å²) in [5.41, 5.74) is 5.05. The van der Waals surface area contributed by atoms with Crippen molar-refractivity contribution in [3.63, 3.8) is 0 Å². The number of halogens is 4. The topological polar surface area (TPSA) is 98.2 Å². The summed E-state index contributed by atoms with van der Waals surface area (Å²) in [7, 11) is 0. The lowest BCUT2D eigenvalue weighted by molar-refractivity contribution is -0.138. The van der Waals surface area contributed by atoms with Crippen molar-refractivity contribution in [3.8, 4) is 5.69 Å². The highest BCUT2D eigenvalue weighted by atomic mass is 35.5. The molecule has 0 amide bonds. The van der Waals surface area contributed by atoms with Crippen molar-refractivity contribution >= 4 is 29.5 Å². The molecule has 2 aromatic carbocycles. The van der Waals surface area contributed by atoms with E-state index < -0.39 is 29.0 Å². The maximum atomic E-state index is 13.2. The van der Waals surface area contributed by atoms with Crippen molar-refractivity contribution in [3.05, 3.63) is 92.0 Å². The minimum absolute atomic E-state index is 0.0884. The SMILES string of the molecule is Cc1cc(C(C)/C=C/c2ccc(C(=O)O)c(C(F)(F)F)c2)cc(Cl)c1-n1ccc(N)nc1=O. The summed E-state index contributed by atoms with van der Waals surface area (Å²) < 4.78 is 41.0. The fraction of sp³-hybridized carbons (Fsp3) is 0.174. The van der Waals surface area contributed by atoms with Gasteiger partial charge >= 0.3 is 17.8 Å². The summed E-state index contributed by atoms with van der Waals surface area (Å²) in [6.45, 7) is 3.60. The van der Waals surface area contributed by atoms with E-state index in [2.05, 4.69) is 4.98 Å². The van der Waals surface area contributed by atoms with Gasteiger partial charge in [0.2, 0.25) is 0 Å². The Morgan fingerprint density at radius 3 is 2.52 bits per heavy atom. The Balaban J connectivity index is 1.93. The van der Waals surface area contributed by atoms with Crippen molar-refractivity contribution in [1.82, 2.24) is 9.55 Å². The summed E-state index contributed by atoms with van der Waals surface area (Å²) in [4.78, 5) is 27.0. The van der Waals surface area contributed by atoms with Gasteiger partial charge in [0.15, 0.2) is 0 Å². The molecule has 0 saturated heterocycles. The first kappa shape index (κ1) is 24.1. The molecule has 1 unspecified atom stereocenters. The van der Waals surface area contributed by atoms with E-state index in [1.165, 1.54) is 29.0 Å². The average molecular weight is 478 g/mol. The van der Waals surface area contributed by atoms with Gasteiger partial charge in [-0.3, -0.25) is 4.57 Å². The lowest BCUT2D eigenvalue weighted by Crippen LogP contribution is -2.22. The van der Waals surface area contributed by atoms with Crippen LogP contribution in [0.5, 0.6) is 0 Å². The van der Waals surface area contributed by atoms with Crippen molar-refractivity contribution in [2.75, 3.05) is 5.73 Å². The van der Waals surface area contributed by atoms with E-state index in [1.807, 2.05) is 13.0 Å². The third-order valence-corrected chi connectivity index (χ3v) is 5.31. The zero-order valence-corrected chi connectivity index (χ0v) is 18.3. The fourth-order valence-electron chi connectivity index (χ4n) is 3.37. The maximum absolute atomic E-state index is 13.2. The first-order valence-corrected chi connectivity index (χ1v) is 10.0. The number of aromatic carboxylic acids is 1. The Morgan fingerprint density at radius 1 is 1.24 bits per heavy atom. The van der Waals surface area contributed by atoms with Crippen LogP contribution in [0.2, 0.25) is 5.02 Å². The van der Waals surface area contributed by atoms with Crippen molar-refractivity contribution in [2.24, 2.45) is 0 Å². The number of nitrogens with two attached hydrogens (primary N) is 1. The molecule has 1 aromatic heterocycles. The summed E-state index contributed by atoms with van der Waals surface area (Å²) >= 11 is 6.44. The molecule has 0 aliphatic rings. The molecule has 3 N–H and O–H groups in total. The van der Waals surface area contributed by atoms with E-state index in [-0.39, 0.29) is 17.3 Å². The fourth-order valence-corrected chi connectivity index (χ4v) is 3.74. The van der Waals surface area contributed by atoms with Crippen molar-refractivity contribution in [1.29, 1.82) is 0 Å². The molecule has 3 rings (SSSR count). The second-order valence-electron chi connectivity index (χ2n) is 7.43. The molecule has 3 aromatic rings. The van der Waals surface area contributed by atoms with Gasteiger partial charge in [-0.15, -0.1) is 0 Å². The van der Waals surface area contributed by atoms with Gasteiger partial charge in [0, 0.05) is 6.20 Å². The molecule has 1 heterocycles. The quantitative estimate of drug-likeness (QED) is 0.519. The zero-order valence-electron chi connectivity index (χ0n) is 17.5. The lowest BCUT2D eigenvalue weighted by atomic mass is 9.96. The smallest absolute Gasteiger partial charge is 0.417 e.